The number of hydrogen-bond donors (Lipinski definition) is 1. The number of thioether (sulfide) groups is 1. The molecule has 1 unspecified atom stereocenters. The monoisotopic (exact) mass is 318 g/mol. The molecule has 0 aliphatic carbocycles. The van der Waals surface area contributed by atoms with E-state index in [1.807, 2.05) is 40.9 Å². The van der Waals surface area contributed by atoms with E-state index in [0.29, 0.717) is 10.9 Å². The molecule has 0 saturated carbocycles. The SMILES string of the molecule is COc1cccc2[nH]c(C(=O)N3CC(SC)CC3(C)C)cc12. The normalized spacial score (nSPS) is 20.5. The van der Waals surface area contributed by atoms with Crippen LogP contribution in [0.25, 0.3) is 10.9 Å². The molecular formula is C17H22N2O2S. The van der Waals surface area contributed by atoms with Crippen LogP contribution >= 0.6 is 11.8 Å². The van der Waals surface area contributed by atoms with E-state index in [1.165, 1.54) is 0 Å². The first-order valence-corrected chi connectivity index (χ1v) is 8.75. The van der Waals surface area contributed by atoms with Gasteiger partial charge in [0.1, 0.15) is 11.4 Å². The first-order chi connectivity index (χ1) is 10.5. The predicted octanol–water partition coefficient (Wildman–Crippen LogP) is 3.53. The minimum atomic E-state index is -0.105. The lowest BCUT2D eigenvalue weighted by Gasteiger charge is -2.31. The number of nitrogens with one attached hydrogen (secondary N) is 1. The van der Waals surface area contributed by atoms with E-state index in [1.54, 1.807) is 7.11 Å². The summed E-state index contributed by atoms with van der Waals surface area (Å²) in [5, 5.41) is 1.46. The van der Waals surface area contributed by atoms with E-state index in [4.69, 9.17) is 4.74 Å². The molecule has 1 fully saturated rings. The Balaban J connectivity index is 1.96. The third kappa shape index (κ3) is 2.47. The van der Waals surface area contributed by atoms with Crippen LogP contribution in [-0.2, 0) is 0 Å². The maximum absolute atomic E-state index is 12.9. The van der Waals surface area contributed by atoms with E-state index in [2.05, 4.69) is 25.1 Å². The van der Waals surface area contributed by atoms with Crippen molar-refractivity contribution >= 4 is 28.6 Å². The van der Waals surface area contributed by atoms with Crippen LogP contribution in [-0.4, -0.2) is 46.5 Å². The van der Waals surface area contributed by atoms with Gasteiger partial charge in [-0.25, -0.2) is 0 Å². The van der Waals surface area contributed by atoms with Gasteiger partial charge in [-0.3, -0.25) is 4.79 Å². The molecule has 1 aliphatic rings. The van der Waals surface area contributed by atoms with Crippen LogP contribution in [0.3, 0.4) is 0 Å². The van der Waals surface area contributed by atoms with Crippen LogP contribution in [0.5, 0.6) is 5.75 Å². The van der Waals surface area contributed by atoms with Gasteiger partial charge >= 0.3 is 0 Å². The zero-order valence-electron chi connectivity index (χ0n) is 13.5. The van der Waals surface area contributed by atoms with Crippen molar-refractivity contribution in [3.05, 3.63) is 30.0 Å². The smallest absolute Gasteiger partial charge is 0.270 e. The third-order valence-corrected chi connectivity index (χ3v) is 5.48. The van der Waals surface area contributed by atoms with Crippen LogP contribution in [0.2, 0.25) is 0 Å². The molecule has 1 N–H and O–H groups in total. The number of amides is 1. The Morgan fingerprint density at radius 3 is 2.86 bits per heavy atom. The second-order valence-corrected chi connectivity index (χ2v) is 7.53. The minimum Gasteiger partial charge on any atom is -0.496 e. The summed E-state index contributed by atoms with van der Waals surface area (Å²) >= 11 is 1.84. The largest absolute Gasteiger partial charge is 0.496 e. The van der Waals surface area contributed by atoms with E-state index in [-0.39, 0.29) is 11.4 Å². The number of aromatic nitrogens is 1. The van der Waals surface area contributed by atoms with Crippen molar-refractivity contribution in [1.82, 2.24) is 9.88 Å². The van der Waals surface area contributed by atoms with Gasteiger partial charge in [0.15, 0.2) is 0 Å². The quantitative estimate of drug-likeness (QED) is 0.941. The highest BCUT2D eigenvalue weighted by atomic mass is 32.2. The van der Waals surface area contributed by atoms with Crippen molar-refractivity contribution in [2.75, 3.05) is 19.9 Å². The molecule has 2 aromatic rings. The number of hydrogen-bond acceptors (Lipinski definition) is 3. The summed E-state index contributed by atoms with van der Waals surface area (Å²) in [6.45, 7) is 5.09. The fourth-order valence-electron chi connectivity index (χ4n) is 3.26. The highest BCUT2D eigenvalue weighted by Gasteiger charge is 2.41. The number of likely N-dealkylation sites (tertiary alicyclic amines) is 1. The van der Waals surface area contributed by atoms with Crippen LogP contribution in [0.15, 0.2) is 24.3 Å². The molecule has 4 nitrogen and oxygen atoms in total. The van der Waals surface area contributed by atoms with Gasteiger partial charge in [0.2, 0.25) is 0 Å². The summed E-state index contributed by atoms with van der Waals surface area (Å²) < 4.78 is 5.37. The Morgan fingerprint density at radius 2 is 2.23 bits per heavy atom. The lowest BCUT2D eigenvalue weighted by Crippen LogP contribution is -2.42. The summed E-state index contributed by atoms with van der Waals surface area (Å²) in [5.74, 6) is 0.857. The number of benzene rings is 1. The van der Waals surface area contributed by atoms with E-state index >= 15 is 0 Å². The highest BCUT2D eigenvalue weighted by Crippen LogP contribution is 2.36. The molecule has 1 amide bonds. The van der Waals surface area contributed by atoms with E-state index in [9.17, 15) is 4.79 Å². The van der Waals surface area contributed by atoms with E-state index < -0.39 is 0 Å². The second kappa shape index (κ2) is 5.54. The van der Waals surface area contributed by atoms with Gasteiger partial charge in [-0.15, -0.1) is 0 Å². The number of nitrogens with zero attached hydrogens (tertiary/aromatic N) is 1. The second-order valence-electron chi connectivity index (χ2n) is 6.39. The number of carbonyl (C=O) groups excluding carboxylic acids is 1. The van der Waals surface area contributed by atoms with Gasteiger partial charge in [0, 0.05) is 28.2 Å². The molecule has 22 heavy (non-hydrogen) atoms. The van der Waals surface area contributed by atoms with Gasteiger partial charge in [-0.1, -0.05) is 6.07 Å². The number of H-pyrrole nitrogens is 1. The summed E-state index contributed by atoms with van der Waals surface area (Å²) in [7, 11) is 1.65. The molecule has 0 spiro atoms. The fraction of sp³-hybridized carbons (Fsp3) is 0.471. The highest BCUT2D eigenvalue weighted by molar-refractivity contribution is 7.99. The van der Waals surface area contributed by atoms with Crippen molar-refractivity contribution in [1.29, 1.82) is 0 Å². The summed E-state index contributed by atoms with van der Waals surface area (Å²) in [6, 6.07) is 7.71. The molecule has 1 aromatic carbocycles. The number of aromatic amines is 1. The van der Waals surface area contributed by atoms with Gasteiger partial charge in [0.25, 0.3) is 5.91 Å². The standard InChI is InChI=1S/C17H22N2O2S/c1-17(2)9-11(22-4)10-19(17)16(20)14-8-12-13(18-14)6-5-7-15(12)21-3/h5-8,11,18H,9-10H2,1-4H3. The van der Waals surface area contributed by atoms with Crippen molar-refractivity contribution in [3.63, 3.8) is 0 Å². The molecule has 2 heterocycles. The molecule has 0 radical (unpaired) electrons. The molecular weight excluding hydrogens is 296 g/mol. The van der Waals surface area contributed by atoms with Crippen LogP contribution < -0.4 is 4.74 Å². The van der Waals surface area contributed by atoms with E-state index in [0.717, 1.165) is 29.6 Å². The number of rotatable bonds is 3. The van der Waals surface area contributed by atoms with Crippen LogP contribution in [0, 0.1) is 0 Å². The first kappa shape index (κ1) is 15.3. The Labute approximate surface area is 135 Å². The maximum Gasteiger partial charge on any atom is 0.270 e. The minimum absolute atomic E-state index is 0.0693. The molecule has 0 bridgehead atoms. The first-order valence-electron chi connectivity index (χ1n) is 7.47. The van der Waals surface area contributed by atoms with Gasteiger partial charge in [-0.05, 0) is 44.7 Å². The van der Waals surface area contributed by atoms with Gasteiger partial charge in [0.05, 0.1) is 7.11 Å². The average molecular weight is 318 g/mol. The van der Waals surface area contributed by atoms with Gasteiger partial charge < -0.3 is 14.6 Å². The summed E-state index contributed by atoms with van der Waals surface area (Å²) in [5.41, 5.74) is 1.46. The van der Waals surface area contributed by atoms with Crippen molar-refractivity contribution in [2.24, 2.45) is 0 Å². The number of ether oxygens (including phenoxy) is 1. The third-order valence-electron chi connectivity index (χ3n) is 4.50. The molecule has 118 valence electrons. The lowest BCUT2D eigenvalue weighted by atomic mass is 10.0. The number of methoxy groups -OCH3 is 1. The average Bonchev–Trinajstić information content (AvgIpc) is 3.06. The Kier molecular flexibility index (Phi) is 3.85. The number of fused-ring (bicyclic) bond motifs is 1. The van der Waals surface area contributed by atoms with Crippen molar-refractivity contribution in [3.8, 4) is 5.75 Å². The Hall–Kier alpha value is -1.62. The maximum atomic E-state index is 12.9. The van der Waals surface area contributed by atoms with Crippen molar-refractivity contribution < 1.29 is 9.53 Å². The molecule has 3 rings (SSSR count). The Bertz CT molecular complexity index is 708. The van der Waals surface area contributed by atoms with Crippen LogP contribution in [0.1, 0.15) is 30.8 Å². The zero-order valence-corrected chi connectivity index (χ0v) is 14.3. The molecule has 1 aromatic heterocycles. The van der Waals surface area contributed by atoms with Crippen LogP contribution in [0.4, 0.5) is 0 Å². The predicted molar refractivity (Wildman–Crippen MR) is 91.9 cm³/mol. The summed E-state index contributed by atoms with van der Waals surface area (Å²) in [4.78, 5) is 18.2. The fourth-order valence-corrected chi connectivity index (χ4v) is 4.14. The lowest BCUT2D eigenvalue weighted by molar-refractivity contribution is 0.0647. The molecule has 1 saturated heterocycles. The molecule has 1 atom stereocenters. The number of carbonyl (C=O) groups is 1. The zero-order chi connectivity index (χ0) is 15.9. The Morgan fingerprint density at radius 1 is 1.45 bits per heavy atom. The van der Waals surface area contributed by atoms with Crippen molar-refractivity contribution in [2.45, 2.75) is 31.1 Å². The molecule has 5 heteroatoms. The topological polar surface area (TPSA) is 45.3 Å². The van der Waals surface area contributed by atoms with Gasteiger partial charge in [-0.2, -0.15) is 11.8 Å². The summed E-state index contributed by atoms with van der Waals surface area (Å²) in [6.07, 6.45) is 3.14. The molecule has 1 aliphatic heterocycles.